The summed E-state index contributed by atoms with van der Waals surface area (Å²) in [6.45, 7) is 0. The summed E-state index contributed by atoms with van der Waals surface area (Å²) in [5.74, 6) is 0.664. The molecule has 0 unspecified atom stereocenters. The Hall–Kier alpha value is -1.27. The summed E-state index contributed by atoms with van der Waals surface area (Å²) in [5.41, 5.74) is 0.533. The summed E-state index contributed by atoms with van der Waals surface area (Å²) in [5, 5.41) is 3.23. The molecule has 0 aliphatic carbocycles. The lowest BCUT2D eigenvalue weighted by Crippen LogP contribution is -2.00. The van der Waals surface area contributed by atoms with Gasteiger partial charge in [0.05, 0.1) is 13.4 Å². The fourth-order valence-corrected chi connectivity index (χ4v) is 1.29. The van der Waals surface area contributed by atoms with Crippen LogP contribution < -0.4 is 4.74 Å². The molecule has 0 saturated heterocycles. The summed E-state index contributed by atoms with van der Waals surface area (Å²) >= 11 is 5.73. The Labute approximate surface area is 98.7 Å². The first kappa shape index (κ1) is 12.8. The Bertz CT molecular complexity index is 481. The molecule has 0 atom stereocenters. The van der Waals surface area contributed by atoms with Gasteiger partial charge in [-0.3, -0.25) is 4.28 Å². The molecule has 88 valence electrons. The van der Waals surface area contributed by atoms with E-state index >= 15 is 0 Å². The molecule has 0 heterocycles. The Morgan fingerprint density at radius 2 is 1.88 bits per heavy atom. The van der Waals surface area contributed by atoms with Crippen LogP contribution in [0.2, 0.25) is 0 Å². The summed E-state index contributed by atoms with van der Waals surface area (Å²) in [4.78, 5) is 0. The van der Waals surface area contributed by atoms with E-state index in [1.807, 2.05) is 0 Å². The molecule has 0 radical (unpaired) electrons. The maximum Gasteiger partial charge on any atom is 0.325 e. The first-order valence-corrected chi connectivity index (χ1v) is 6.38. The minimum absolute atomic E-state index is 0.0481. The van der Waals surface area contributed by atoms with Gasteiger partial charge >= 0.3 is 10.1 Å². The quantitative estimate of drug-likeness (QED) is 0.611. The molecule has 0 saturated carbocycles. The largest absolute Gasteiger partial charge is 0.497 e. The zero-order chi connectivity index (χ0) is 12.2. The van der Waals surface area contributed by atoms with Crippen LogP contribution in [0, 0.1) is 0 Å². The second-order valence-corrected chi connectivity index (χ2v) is 4.80. The van der Waals surface area contributed by atoms with E-state index in [4.69, 9.17) is 16.3 Å². The molecular weight excluding hydrogens is 254 g/mol. The summed E-state index contributed by atoms with van der Waals surface area (Å²) < 4.78 is 30.5. The molecule has 1 aromatic rings. The highest BCUT2D eigenvalue weighted by Crippen LogP contribution is 2.13. The number of hydrogen-bond donors (Lipinski definition) is 0. The second kappa shape index (κ2) is 5.18. The van der Waals surface area contributed by atoms with E-state index in [2.05, 4.69) is 9.44 Å². The van der Waals surface area contributed by atoms with Gasteiger partial charge in [-0.1, -0.05) is 16.8 Å². The van der Waals surface area contributed by atoms with Crippen molar-refractivity contribution in [1.82, 2.24) is 0 Å². The van der Waals surface area contributed by atoms with Crippen LogP contribution in [-0.4, -0.2) is 27.0 Å². The van der Waals surface area contributed by atoms with Gasteiger partial charge in [-0.2, -0.15) is 8.42 Å². The standard InChI is InChI=1S/C9H10ClNO4S/c1-14-8-5-3-7(4-6-8)9(10)11-15-16(2,12)13/h3-6H,1-2H3/b11-9-. The number of methoxy groups -OCH3 is 1. The van der Waals surface area contributed by atoms with Crippen molar-refractivity contribution in [3.8, 4) is 5.75 Å². The topological polar surface area (TPSA) is 65.0 Å². The lowest BCUT2D eigenvalue weighted by atomic mass is 10.2. The molecule has 5 nitrogen and oxygen atoms in total. The van der Waals surface area contributed by atoms with Crippen LogP contribution >= 0.6 is 11.6 Å². The fraction of sp³-hybridized carbons (Fsp3) is 0.222. The molecule has 0 spiro atoms. The number of rotatable bonds is 4. The van der Waals surface area contributed by atoms with Crippen LogP contribution in [0.25, 0.3) is 0 Å². The number of nitrogens with zero attached hydrogens (tertiary/aromatic N) is 1. The van der Waals surface area contributed by atoms with Crippen molar-refractivity contribution in [3.05, 3.63) is 29.8 Å². The van der Waals surface area contributed by atoms with Crippen molar-refractivity contribution >= 4 is 26.9 Å². The van der Waals surface area contributed by atoms with E-state index in [0.717, 1.165) is 6.26 Å². The normalized spacial score (nSPS) is 12.3. The first-order valence-electron chi connectivity index (χ1n) is 4.19. The highest BCUT2D eigenvalue weighted by atomic mass is 35.5. The lowest BCUT2D eigenvalue weighted by Gasteiger charge is -2.01. The maximum absolute atomic E-state index is 10.7. The second-order valence-electron chi connectivity index (χ2n) is 2.89. The van der Waals surface area contributed by atoms with Gasteiger partial charge in [0.2, 0.25) is 0 Å². The van der Waals surface area contributed by atoms with E-state index in [9.17, 15) is 8.42 Å². The Morgan fingerprint density at radius 1 is 1.31 bits per heavy atom. The van der Waals surface area contributed by atoms with Crippen LogP contribution in [0.1, 0.15) is 5.56 Å². The number of hydrogen-bond acceptors (Lipinski definition) is 5. The molecule has 0 N–H and O–H groups in total. The molecule has 0 fully saturated rings. The van der Waals surface area contributed by atoms with Crippen LogP contribution in [0.5, 0.6) is 5.75 Å². The molecule has 0 bridgehead atoms. The van der Waals surface area contributed by atoms with Crippen LogP contribution in [0.15, 0.2) is 29.4 Å². The van der Waals surface area contributed by atoms with Crippen LogP contribution in [-0.2, 0) is 14.4 Å². The van der Waals surface area contributed by atoms with Gasteiger partial charge in [0.15, 0.2) is 5.17 Å². The van der Waals surface area contributed by atoms with Crippen LogP contribution in [0.3, 0.4) is 0 Å². The first-order chi connectivity index (χ1) is 7.42. The molecule has 0 aliphatic rings. The summed E-state index contributed by atoms with van der Waals surface area (Å²) in [6, 6.07) is 6.62. The van der Waals surface area contributed by atoms with Crippen LogP contribution in [0.4, 0.5) is 0 Å². The van der Waals surface area contributed by atoms with Gasteiger partial charge < -0.3 is 4.74 Å². The Kier molecular flexibility index (Phi) is 4.14. The fourth-order valence-electron chi connectivity index (χ4n) is 0.882. The number of ether oxygens (including phenoxy) is 1. The zero-order valence-corrected chi connectivity index (χ0v) is 10.2. The molecule has 1 rings (SSSR count). The van der Waals surface area contributed by atoms with Gasteiger partial charge in [-0.25, -0.2) is 0 Å². The third kappa shape index (κ3) is 4.08. The van der Waals surface area contributed by atoms with E-state index in [1.54, 1.807) is 24.3 Å². The minimum atomic E-state index is -3.64. The predicted molar refractivity (Wildman–Crippen MR) is 61.3 cm³/mol. The van der Waals surface area contributed by atoms with E-state index < -0.39 is 10.1 Å². The van der Waals surface area contributed by atoms with Crippen molar-refractivity contribution < 1.29 is 17.4 Å². The van der Waals surface area contributed by atoms with Crippen molar-refractivity contribution in [1.29, 1.82) is 0 Å². The van der Waals surface area contributed by atoms with Gasteiger partial charge in [-0.05, 0) is 24.3 Å². The van der Waals surface area contributed by atoms with Gasteiger partial charge in [0.1, 0.15) is 5.75 Å². The molecule has 0 amide bonds. The zero-order valence-electron chi connectivity index (χ0n) is 8.68. The number of benzene rings is 1. The smallest absolute Gasteiger partial charge is 0.325 e. The van der Waals surface area contributed by atoms with E-state index in [0.29, 0.717) is 11.3 Å². The molecule has 7 heteroatoms. The lowest BCUT2D eigenvalue weighted by molar-refractivity contribution is 0.344. The van der Waals surface area contributed by atoms with Gasteiger partial charge in [-0.15, -0.1) is 0 Å². The predicted octanol–water partition coefficient (Wildman–Crippen LogP) is 1.57. The molecule has 16 heavy (non-hydrogen) atoms. The molecule has 0 aromatic heterocycles. The van der Waals surface area contributed by atoms with Crippen molar-refractivity contribution in [2.24, 2.45) is 5.16 Å². The number of oxime groups is 1. The monoisotopic (exact) mass is 263 g/mol. The highest BCUT2D eigenvalue weighted by Gasteiger charge is 2.04. The Balaban J connectivity index is 2.84. The van der Waals surface area contributed by atoms with E-state index in [-0.39, 0.29) is 5.17 Å². The average molecular weight is 264 g/mol. The Morgan fingerprint density at radius 3 is 2.31 bits per heavy atom. The third-order valence-corrected chi connectivity index (χ3v) is 2.21. The molecule has 0 aliphatic heterocycles. The van der Waals surface area contributed by atoms with E-state index in [1.165, 1.54) is 7.11 Å². The SMILES string of the molecule is COc1ccc(/C(Cl)=N/OS(C)(=O)=O)cc1. The third-order valence-electron chi connectivity index (χ3n) is 1.58. The van der Waals surface area contributed by atoms with Crippen molar-refractivity contribution in [2.75, 3.05) is 13.4 Å². The molecule has 1 aromatic carbocycles. The van der Waals surface area contributed by atoms with Gasteiger partial charge in [0, 0.05) is 5.56 Å². The highest BCUT2D eigenvalue weighted by molar-refractivity contribution is 7.85. The number of halogens is 1. The minimum Gasteiger partial charge on any atom is -0.497 e. The maximum atomic E-state index is 10.7. The van der Waals surface area contributed by atoms with Crippen molar-refractivity contribution in [3.63, 3.8) is 0 Å². The summed E-state index contributed by atoms with van der Waals surface area (Å²) in [6.07, 6.45) is 0.884. The van der Waals surface area contributed by atoms with Crippen molar-refractivity contribution in [2.45, 2.75) is 0 Å². The average Bonchev–Trinajstić information content (AvgIpc) is 2.25. The molecular formula is C9H10ClNO4S. The van der Waals surface area contributed by atoms with Gasteiger partial charge in [0.25, 0.3) is 0 Å². The summed E-state index contributed by atoms with van der Waals surface area (Å²) in [7, 11) is -2.10.